The third-order valence-electron chi connectivity index (χ3n) is 3.92. The van der Waals surface area contributed by atoms with E-state index in [1.165, 1.54) is 27.8 Å². The number of nitrogens with zero attached hydrogens (tertiary/aromatic N) is 1. The number of nitrogens with one attached hydrogen (secondary N) is 1. The van der Waals surface area contributed by atoms with Gasteiger partial charge in [0.2, 0.25) is 0 Å². The number of pyridine rings is 1. The first-order chi connectivity index (χ1) is 9.61. The molecule has 2 aromatic rings. The van der Waals surface area contributed by atoms with Crippen LogP contribution >= 0.6 is 0 Å². The Kier molecular flexibility index (Phi) is 4.91. The minimum Gasteiger partial charge on any atom is -0.310 e. The van der Waals surface area contributed by atoms with Crippen molar-refractivity contribution in [2.75, 3.05) is 6.54 Å². The predicted octanol–water partition coefficient (Wildman–Crippen LogP) is 3.90. The quantitative estimate of drug-likeness (QED) is 0.889. The summed E-state index contributed by atoms with van der Waals surface area (Å²) in [4.78, 5) is 4.28. The number of rotatable bonds is 5. The van der Waals surface area contributed by atoms with Crippen LogP contribution < -0.4 is 5.32 Å². The first kappa shape index (κ1) is 14.7. The predicted molar refractivity (Wildman–Crippen MR) is 85.0 cm³/mol. The van der Waals surface area contributed by atoms with E-state index in [2.05, 4.69) is 62.3 Å². The molecule has 0 bridgehead atoms. The molecule has 2 heteroatoms. The first-order valence-electron chi connectivity index (χ1n) is 7.31. The Balaban J connectivity index is 2.25. The van der Waals surface area contributed by atoms with Gasteiger partial charge in [0.1, 0.15) is 0 Å². The van der Waals surface area contributed by atoms with Crippen molar-refractivity contribution < 1.29 is 0 Å². The number of likely N-dealkylation sites (N-methyl/N-ethyl adjacent to an activating group) is 1. The number of hydrogen-bond acceptors (Lipinski definition) is 2. The summed E-state index contributed by atoms with van der Waals surface area (Å²) < 4.78 is 0. The maximum Gasteiger partial charge on any atom is 0.0378 e. The van der Waals surface area contributed by atoms with Gasteiger partial charge in [0.25, 0.3) is 0 Å². The Morgan fingerprint density at radius 1 is 1.05 bits per heavy atom. The van der Waals surface area contributed by atoms with Crippen molar-refractivity contribution in [3.8, 4) is 0 Å². The molecule has 1 aromatic carbocycles. The Hall–Kier alpha value is -1.67. The van der Waals surface area contributed by atoms with E-state index in [4.69, 9.17) is 0 Å². The van der Waals surface area contributed by atoms with E-state index >= 15 is 0 Å². The number of aryl methyl sites for hydroxylation is 3. The van der Waals surface area contributed by atoms with Crippen LogP contribution in [0.3, 0.4) is 0 Å². The summed E-state index contributed by atoms with van der Waals surface area (Å²) in [5, 5.41) is 3.58. The van der Waals surface area contributed by atoms with Crippen LogP contribution in [0, 0.1) is 20.8 Å². The van der Waals surface area contributed by atoms with Crippen LogP contribution in [0.4, 0.5) is 0 Å². The molecule has 0 aliphatic heterocycles. The van der Waals surface area contributed by atoms with E-state index in [-0.39, 0.29) is 0 Å². The van der Waals surface area contributed by atoms with Gasteiger partial charge in [-0.3, -0.25) is 4.98 Å². The number of aromatic nitrogens is 1. The molecule has 1 heterocycles. The molecule has 0 fully saturated rings. The van der Waals surface area contributed by atoms with Crippen molar-refractivity contribution in [2.45, 2.75) is 40.2 Å². The van der Waals surface area contributed by atoms with Crippen LogP contribution in [0.25, 0.3) is 0 Å². The Labute approximate surface area is 122 Å². The molecule has 1 atom stereocenters. The van der Waals surface area contributed by atoms with E-state index in [1.807, 2.05) is 12.4 Å². The summed E-state index contributed by atoms with van der Waals surface area (Å²) in [6.45, 7) is 9.60. The molecule has 2 rings (SSSR count). The minimum atomic E-state index is 0.329. The fourth-order valence-corrected chi connectivity index (χ4v) is 2.55. The lowest BCUT2D eigenvalue weighted by Gasteiger charge is -2.20. The van der Waals surface area contributed by atoms with Crippen molar-refractivity contribution >= 4 is 0 Å². The number of benzene rings is 1. The summed E-state index contributed by atoms with van der Waals surface area (Å²) in [5.41, 5.74) is 6.69. The Bertz CT molecular complexity index is 575. The van der Waals surface area contributed by atoms with Gasteiger partial charge in [0, 0.05) is 18.4 Å². The van der Waals surface area contributed by atoms with Gasteiger partial charge in [-0.25, -0.2) is 0 Å². The minimum absolute atomic E-state index is 0.329. The second kappa shape index (κ2) is 6.67. The molecular formula is C18H24N2. The smallest absolute Gasteiger partial charge is 0.0378 e. The zero-order valence-corrected chi connectivity index (χ0v) is 12.9. The van der Waals surface area contributed by atoms with Gasteiger partial charge in [0.15, 0.2) is 0 Å². The van der Waals surface area contributed by atoms with Crippen LogP contribution in [0.2, 0.25) is 0 Å². The first-order valence-corrected chi connectivity index (χ1v) is 7.31. The maximum absolute atomic E-state index is 4.28. The topological polar surface area (TPSA) is 24.9 Å². The number of hydrogen-bond donors (Lipinski definition) is 1. The molecule has 0 saturated carbocycles. The second-order valence-corrected chi connectivity index (χ2v) is 5.47. The zero-order valence-electron chi connectivity index (χ0n) is 12.9. The largest absolute Gasteiger partial charge is 0.310 e. The standard InChI is InChI=1S/C18H24N2/c1-5-20-18(17-12-19-9-8-14(17)3)11-16-7-6-13(2)15(4)10-16/h6-10,12,18,20H,5,11H2,1-4H3. The molecule has 2 nitrogen and oxygen atoms in total. The van der Waals surface area contributed by atoms with E-state index in [0.29, 0.717) is 6.04 Å². The van der Waals surface area contributed by atoms with Gasteiger partial charge in [-0.2, -0.15) is 0 Å². The summed E-state index contributed by atoms with van der Waals surface area (Å²) in [5.74, 6) is 0. The van der Waals surface area contributed by atoms with Crippen LogP contribution in [0.5, 0.6) is 0 Å². The monoisotopic (exact) mass is 268 g/mol. The highest BCUT2D eigenvalue weighted by atomic mass is 14.9. The lowest BCUT2D eigenvalue weighted by Crippen LogP contribution is -2.24. The summed E-state index contributed by atoms with van der Waals surface area (Å²) in [6, 6.07) is 9.16. The van der Waals surface area contributed by atoms with Crippen LogP contribution in [0.1, 0.15) is 40.8 Å². The van der Waals surface area contributed by atoms with Gasteiger partial charge in [0.05, 0.1) is 0 Å². The molecule has 1 aromatic heterocycles. The SMILES string of the molecule is CCNC(Cc1ccc(C)c(C)c1)c1cnccc1C. The molecule has 1 unspecified atom stereocenters. The Morgan fingerprint density at radius 3 is 2.50 bits per heavy atom. The molecule has 0 amide bonds. The zero-order chi connectivity index (χ0) is 14.5. The van der Waals surface area contributed by atoms with Gasteiger partial charge in [-0.15, -0.1) is 0 Å². The lowest BCUT2D eigenvalue weighted by atomic mass is 9.95. The van der Waals surface area contributed by atoms with Gasteiger partial charge in [-0.05, 0) is 67.6 Å². The van der Waals surface area contributed by atoms with Crippen molar-refractivity contribution in [1.29, 1.82) is 0 Å². The molecular weight excluding hydrogens is 244 g/mol. The fourth-order valence-electron chi connectivity index (χ4n) is 2.55. The average molecular weight is 268 g/mol. The molecule has 0 saturated heterocycles. The van der Waals surface area contributed by atoms with Crippen LogP contribution in [-0.2, 0) is 6.42 Å². The lowest BCUT2D eigenvalue weighted by molar-refractivity contribution is 0.545. The summed E-state index contributed by atoms with van der Waals surface area (Å²) >= 11 is 0. The molecule has 0 radical (unpaired) electrons. The normalized spacial score (nSPS) is 12.4. The van der Waals surface area contributed by atoms with Gasteiger partial charge >= 0.3 is 0 Å². The van der Waals surface area contributed by atoms with Crippen molar-refractivity contribution in [1.82, 2.24) is 10.3 Å². The highest BCUT2D eigenvalue weighted by molar-refractivity contribution is 5.32. The maximum atomic E-state index is 4.28. The van der Waals surface area contributed by atoms with Crippen molar-refractivity contribution in [3.05, 3.63) is 64.5 Å². The third-order valence-corrected chi connectivity index (χ3v) is 3.92. The third kappa shape index (κ3) is 3.45. The van der Waals surface area contributed by atoms with Gasteiger partial charge < -0.3 is 5.32 Å². The van der Waals surface area contributed by atoms with E-state index in [1.54, 1.807) is 0 Å². The average Bonchev–Trinajstić information content (AvgIpc) is 2.43. The Morgan fingerprint density at radius 2 is 1.85 bits per heavy atom. The fraction of sp³-hybridized carbons (Fsp3) is 0.389. The van der Waals surface area contributed by atoms with Crippen molar-refractivity contribution in [3.63, 3.8) is 0 Å². The van der Waals surface area contributed by atoms with E-state index in [0.717, 1.165) is 13.0 Å². The van der Waals surface area contributed by atoms with Crippen molar-refractivity contribution in [2.24, 2.45) is 0 Å². The summed E-state index contributed by atoms with van der Waals surface area (Å²) in [6.07, 6.45) is 4.85. The highest BCUT2D eigenvalue weighted by Gasteiger charge is 2.13. The molecule has 0 aliphatic rings. The molecule has 1 N–H and O–H groups in total. The van der Waals surface area contributed by atoms with E-state index in [9.17, 15) is 0 Å². The molecule has 20 heavy (non-hydrogen) atoms. The van der Waals surface area contributed by atoms with Gasteiger partial charge in [-0.1, -0.05) is 25.1 Å². The van der Waals surface area contributed by atoms with Crippen LogP contribution in [0.15, 0.2) is 36.7 Å². The second-order valence-electron chi connectivity index (χ2n) is 5.47. The molecule has 106 valence electrons. The highest BCUT2D eigenvalue weighted by Crippen LogP contribution is 2.22. The molecule has 0 aliphatic carbocycles. The van der Waals surface area contributed by atoms with E-state index < -0.39 is 0 Å². The summed E-state index contributed by atoms with van der Waals surface area (Å²) in [7, 11) is 0. The van der Waals surface area contributed by atoms with Crippen LogP contribution in [-0.4, -0.2) is 11.5 Å². The molecule has 0 spiro atoms.